The predicted octanol–water partition coefficient (Wildman–Crippen LogP) is 4.71. The number of carboxylic acids is 1. The minimum Gasteiger partial charge on any atom is -0.481 e. The molecule has 3 N–H and O–H groups in total. The van der Waals surface area contributed by atoms with Gasteiger partial charge in [-0.05, 0) is 25.7 Å². The van der Waals surface area contributed by atoms with Gasteiger partial charge in [0.1, 0.15) is 0 Å². The first-order valence-corrected chi connectivity index (χ1v) is 9.45. The number of allylic oxidation sites excluding steroid dienone is 7. The van der Waals surface area contributed by atoms with Gasteiger partial charge in [-0.3, -0.25) is 4.79 Å². The fourth-order valence-electron chi connectivity index (χ4n) is 2.12. The molecule has 2 unspecified atom stereocenters. The van der Waals surface area contributed by atoms with Gasteiger partial charge in [-0.15, -0.1) is 0 Å². The van der Waals surface area contributed by atoms with E-state index in [1.54, 1.807) is 18.2 Å². The van der Waals surface area contributed by atoms with Crippen LogP contribution in [-0.4, -0.2) is 33.5 Å². The van der Waals surface area contributed by atoms with Gasteiger partial charge in [0, 0.05) is 6.42 Å². The predicted molar refractivity (Wildman–Crippen MR) is 108 cm³/mol. The van der Waals surface area contributed by atoms with E-state index in [4.69, 9.17) is 5.11 Å². The smallest absolute Gasteiger partial charge is 0.303 e. The molecule has 0 aliphatic carbocycles. The third-order valence-electron chi connectivity index (χ3n) is 3.61. The molecule has 0 radical (unpaired) electrons. The first-order chi connectivity index (χ1) is 12.6. The first-order valence-electron chi connectivity index (χ1n) is 9.45. The van der Waals surface area contributed by atoms with E-state index < -0.39 is 12.1 Å². The Kier molecular flexibility index (Phi) is 16.6. The van der Waals surface area contributed by atoms with E-state index >= 15 is 0 Å². The molecular weight excluding hydrogens is 328 g/mol. The zero-order chi connectivity index (χ0) is 19.5. The Balaban J connectivity index is 3.82. The van der Waals surface area contributed by atoms with Crippen LogP contribution in [0.5, 0.6) is 0 Å². The van der Waals surface area contributed by atoms with Gasteiger partial charge in [-0.25, -0.2) is 0 Å². The molecule has 0 rings (SSSR count). The van der Waals surface area contributed by atoms with Crippen LogP contribution in [0.4, 0.5) is 0 Å². The molecule has 0 fully saturated rings. The second-order valence-corrected chi connectivity index (χ2v) is 6.13. The third kappa shape index (κ3) is 18.4. The van der Waals surface area contributed by atoms with Crippen LogP contribution < -0.4 is 0 Å². The summed E-state index contributed by atoms with van der Waals surface area (Å²) in [7, 11) is 0. The normalized spacial score (nSPS) is 15.2. The second kappa shape index (κ2) is 17.9. The molecule has 4 nitrogen and oxygen atoms in total. The van der Waals surface area contributed by atoms with Crippen LogP contribution in [0.15, 0.2) is 60.8 Å². The summed E-state index contributed by atoms with van der Waals surface area (Å²) >= 11 is 0. The summed E-state index contributed by atoms with van der Waals surface area (Å²) in [5.41, 5.74) is 0. The van der Waals surface area contributed by atoms with Gasteiger partial charge < -0.3 is 15.3 Å². The quantitative estimate of drug-likeness (QED) is 0.224. The molecule has 2 atom stereocenters. The van der Waals surface area contributed by atoms with Crippen molar-refractivity contribution in [1.29, 1.82) is 0 Å². The largest absolute Gasteiger partial charge is 0.481 e. The molecule has 0 saturated heterocycles. The third-order valence-corrected chi connectivity index (χ3v) is 3.61. The van der Waals surface area contributed by atoms with Crippen molar-refractivity contribution in [3.63, 3.8) is 0 Å². The van der Waals surface area contributed by atoms with Gasteiger partial charge in [0.25, 0.3) is 0 Å². The van der Waals surface area contributed by atoms with E-state index in [-0.39, 0.29) is 12.5 Å². The summed E-state index contributed by atoms with van der Waals surface area (Å²) in [5, 5.41) is 28.0. The number of aliphatic hydroxyl groups excluding tert-OH is 2. The maximum absolute atomic E-state index is 10.3. The Hall–Kier alpha value is -1.91. The van der Waals surface area contributed by atoms with Crippen molar-refractivity contribution >= 4 is 5.97 Å². The molecular formula is C22H34O4. The maximum atomic E-state index is 10.3. The van der Waals surface area contributed by atoms with Crippen LogP contribution >= 0.6 is 0 Å². The molecule has 0 bridgehead atoms. The molecule has 0 aromatic carbocycles. The van der Waals surface area contributed by atoms with Crippen LogP contribution in [0.25, 0.3) is 0 Å². The number of carboxylic acid groups (broad SMARTS) is 1. The van der Waals surface area contributed by atoms with Crippen LogP contribution in [0.1, 0.15) is 58.3 Å². The Morgan fingerprint density at radius 3 is 2.19 bits per heavy atom. The van der Waals surface area contributed by atoms with Gasteiger partial charge in [0.2, 0.25) is 0 Å². The van der Waals surface area contributed by atoms with Crippen molar-refractivity contribution in [1.82, 2.24) is 0 Å². The first kappa shape index (κ1) is 24.1. The van der Waals surface area contributed by atoms with E-state index in [0.717, 1.165) is 32.1 Å². The number of aliphatic hydroxyl groups is 2. The molecule has 4 heteroatoms. The highest BCUT2D eigenvalue weighted by Gasteiger charge is 1.96. The summed E-state index contributed by atoms with van der Waals surface area (Å²) in [6, 6.07) is 0. The van der Waals surface area contributed by atoms with Crippen molar-refractivity contribution in [2.75, 3.05) is 0 Å². The average Bonchev–Trinajstić information content (AvgIpc) is 2.60. The topological polar surface area (TPSA) is 77.8 Å². The number of rotatable bonds is 15. The molecule has 26 heavy (non-hydrogen) atoms. The summed E-state index contributed by atoms with van der Waals surface area (Å²) in [4.78, 5) is 10.3. The number of hydrogen-bond donors (Lipinski definition) is 3. The van der Waals surface area contributed by atoms with Gasteiger partial charge in [0.05, 0.1) is 12.2 Å². The molecule has 0 aliphatic rings. The van der Waals surface area contributed by atoms with Crippen LogP contribution in [0, 0.1) is 0 Å². The standard InChI is InChI=1S/C22H34O4/c1-2-3-10-15-20(23)17-12-8-9-13-18-21(24)16-11-6-4-5-7-14-19-22(25)26/h5-9,11-13,17-18,20-21,23-24H,2-4,10,14-16,19H2,1H3,(H,25,26)/b7-5-,9-8-,11-6-,17-12+,18-13-. The van der Waals surface area contributed by atoms with Crippen molar-refractivity contribution in [3.8, 4) is 0 Å². The van der Waals surface area contributed by atoms with Gasteiger partial charge in [-0.2, -0.15) is 0 Å². The fraction of sp³-hybridized carbons (Fsp3) is 0.500. The zero-order valence-corrected chi connectivity index (χ0v) is 15.8. The Bertz CT molecular complexity index is 486. The lowest BCUT2D eigenvalue weighted by Gasteiger charge is -2.02. The lowest BCUT2D eigenvalue weighted by atomic mass is 10.1. The Labute approximate surface area is 157 Å². The highest BCUT2D eigenvalue weighted by molar-refractivity contribution is 5.66. The van der Waals surface area contributed by atoms with Crippen LogP contribution in [-0.2, 0) is 4.79 Å². The van der Waals surface area contributed by atoms with Crippen LogP contribution in [0.2, 0.25) is 0 Å². The monoisotopic (exact) mass is 362 g/mol. The minimum absolute atomic E-state index is 0.157. The molecule has 0 amide bonds. The lowest BCUT2D eigenvalue weighted by Crippen LogP contribution is -2.00. The second-order valence-electron chi connectivity index (χ2n) is 6.13. The van der Waals surface area contributed by atoms with Crippen molar-refractivity contribution < 1.29 is 20.1 Å². The van der Waals surface area contributed by atoms with Gasteiger partial charge >= 0.3 is 5.97 Å². The molecule has 0 aromatic heterocycles. The van der Waals surface area contributed by atoms with E-state index in [0.29, 0.717) is 12.8 Å². The number of carbonyl (C=O) groups is 1. The van der Waals surface area contributed by atoms with Crippen molar-refractivity contribution in [3.05, 3.63) is 60.8 Å². The SMILES string of the molecule is CCCCCC(O)/C=C/C=C\C=C/C(O)C/C=C\C/C=C\CCC(=O)O. The van der Waals surface area contributed by atoms with E-state index in [9.17, 15) is 15.0 Å². The summed E-state index contributed by atoms with van der Waals surface area (Å²) in [6.07, 6.45) is 23.6. The molecule has 0 saturated carbocycles. The van der Waals surface area contributed by atoms with Crippen molar-refractivity contribution in [2.45, 2.75) is 70.5 Å². The maximum Gasteiger partial charge on any atom is 0.303 e. The van der Waals surface area contributed by atoms with Crippen LogP contribution in [0.3, 0.4) is 0 Å². The highest BCUT2D eigenvalue weighted by Crippen LogP contribution is 2.04. The fourth-order valence-corrected chi connectivity index (χ4v) is 2.12. The number of unbranched alkanes of at least 4 members (excludes halogenated alkanes) is 2. The Morgan fingerprint density at radius 2 is 1.54 bits per heavy atom. The Morgan fingerprint density at radius 1 is 0.885 bits per heavy atom. The average molecular weight is 363 g/mol. The molecule has 0 heterocycles. The van der Waals surface area contributed by atoms with Gasteiger partial charge in [0.15, 0.2) is 0 Å². The summed E-state index contributed by atoms with van der Waals surface area (Å²) < 4.78 is 0. The van der Waals surface area contributed by atoms with E-state index in [1.807, 2.05) is 42.5 Å². The molecule has 146 valence electrons. The van der Waals surface area contributed by atoms with E-state index in [1.165, 1.54) is 0 Å². The molecule has 0 spiro atoms. The molecule has 0 aliphatic heterocycles. The van der Waals surface area contributed by atoms with Gasteiger partial charge in [-0.1, -0.05) is 86.9 Å². The minimum atomic E-state index is -0.784. The number of aliphatic carboxylic acids is 1. The lowest BCUT2D eigenvalue weighted by molar-refractivity contribution is -0.136. The molecule has 0 aromatic rings. The highest BCUT2D eigenvalue weighted by atomic mass is 16.4. The summed E-state index contributed by atoms with van der Waals surface area (Å²) in [5.74, 6) is -0.784. The van der Waals surface area contributed by atoms with E-state index in [2.05, 4.69) is 6.92 Å². The van der Waals surface area contributed by atoms with Crippen molar-refractivity contribution in [2.24, 2.45) is 0 Å². The zero-order valence-electron chi connectivity index (χ0n) is 15.8. The number of hydrogen-bond acceptors (Lipinski definition) is 3. The summed E-state index contributed by atoms with van der Waals surface area (Å²) in [6.45, 7) is 2.14.